The molecule has 0 saturated carbocycles. The summed E-state index contributed by atoms with van der Waals surface area (Å²) in [5, 5.41) is 7.97. The SMILES string of the molecule is Cc1ccc2c(c1)C(=O)C(=O)N2Cc1nnc(COc2ccc(C(C)(C)C)cc2)o1. The van der Waals surface area contributed by atoms with Crippen molar-refractivity contribution in [2.24, 2.45) is 0 Å². The van der Waals surface area contributed by atoms with Gasteiger partial charge in [-0.25, -0.2) is 0 Å². The second-order valence-corrected chi connectivity index (χ2v) is 8.39. The molecule has 2 heterocycles. The Morgan fingerprint density at radius 2 is 1.70 bits per heavy atom. The molecule has 0 saturated heterocycles. The number of nitrogens with zero attached hydrogens (tertiary/aromatic N) is 3. The molecule has 2 aromatic carbocycles. The number of benzene rings is 2. The largest absolute Gasteiger partial charge is 0.484 e. The van der Waals surface area contributed by atoms with Gasteiger partial charge in [0.25, 0.3) is 17.6 Å². The zero-order chi connectivity index (χ0) is 21.5. The highest BCUT2D eigenvalue weighted by Crippen LogP contribution is 2.31. The molecule has 0 bridgehead atoms. The van der Waals surface area contributed by atoms with Gasteiger partial charge >= 0.3 is 0 Å². The van der Waals surface area contributed by atoms with Gasteiger partial charge < -0.3 is 9.15 Å². The van der Waals surface area contributed by atoms with Crippen LogP contribution in [-0.4, -0.2) is 21.9 Å². The Hall–Kier alpha value is -3.48. The number of hydrogen-bond acceptors (Lipinski definition) is 6. The number of ketones is 1. The van der Waals surface area contributed by atoms with Crippen molar-refractivity contribution in [3.05, 3.63) is 70.9 Å². The van der Waals surface area contributed by atoms with Crippen LogP contribution in [0.3, 0.4) is 0 Å². The van der Waals surface area contributed by atoms with E-state index in [1.807, 2.05) is 37.3 Å². The van der Waals surface area contributed by atoms with E-state index in [1.54, 1.807) is 12.1 Å². The van der Waals surface area contributed by atoms with Gasteiger partial charge in [0.2, 0.25) is 5.89 Å². The molecule has 1 aliphatic rings. The van der Waals surface area contributed by atoms with E-state index in [2.05, 4.69) is 31.0 Å². The average molecular weight is 405 g/mol. The Morgan fingerprint density at radius 3 is 2.40 bits per heavy atom. The van der Waals surface area contributed by atoms with Crippen LogP contribution in [0.1, 0.15) is 54.0 Å². The van der Waals surface area contributed by atoms with Crippen molar-refractivity contribution in [3.8, 4) is 5.75 Å². The Labute approximate surface area is 174 Å². The zero-order valence-corrected chi connectivity index (χ0v) is 17.4. The molecule has 0 radical (unpaired) electrons. The topological polar surface area (TPSA) is 85.5 Å². The van der Waals surface area contributed by atoms with Gasteiger partial charge in [0.15, 0.2) is 6.61 Å². The van der Waals surface area contributed by atoms with Crippen molar-refractivity contribution in [1.29, 1.82) is 0 Å². The first kappa shape index (κ1) is 19.8. The highest BCUT2D eigenvalue weighted by atomic mass is 16.5. The Bertz CT molecular complexity index is 1110. The fourth-order valence-electron chi connectivity index (χ4n) is 3.31. The smallest absolute Gasteiger partial charge is 0.299 e. The summed E-state index contributed by atoms with van der Waals surface area (Å²) in [6, 6.07) is 13.2. The van der Waals surface area contributed by atoms with Crippen molar-refractivity contribution in [2.75, 3.05) is 4.90 Å². The summed E-state index contributed by atoms with van der Waals surface area (Å²) in [6.45, 7) is 8.49. The lowest BCUT2D eigenvalue weighted by Crippen LogP contribution is -2.29. The highest BCUT2D eigenvalue weighted by molar-refractivity contribution is 6.52. The Balaban J connectivity index is 1.42. The lowest BCUT2D eigenvalue weighted by atomic mass is 9.87. The van der Waals surface area contributed by atoms with Crippen molar-refractivity contribution >= 4 is 17.4 Å². The molecule has 0 aliphatic carbocycles. The number of fused-ring (bicyclic) bond motifs is 1. The van der Waals surface area contributed by atoms with E-state index in [1.165, 1.54) is 10.5 Å². The number of carbonyl (C=O) groups is 2. The maximum Gasteiger partial charge on any atom is 0.299 e. The van der Waals surface area contributed by atoms with E-state index < -0.39 is 11.7 Å². The summed E-state index contributed by atoms with van der Waals surface area (Å²) in [7, 11) is 0. The first-order valence-corrected chi connectivity index (χ1v) is 9.74. The number of hydrogen-bond donors (Lipinski definition) is 0. The van der Waals surface area contributed by atoms with Gasteiger partial charge in [-0.05, 0) is 42.2 Å². The molecule has 1 aromatic heterocycles. The minimum atomic E-state index is -0.592. The quantitative estimate of drug-likeness (QED) is 0.597. The molecular weight excluding hydrogens is 382 g/mol. The molecule has 1 amide bonds. The lowest BCUT2D eigenvalue weighted by molar-refractivity contribution is -0.114. The van der Waals surface area contributed by atoms with Crippen LogP contribution in [0.4, 0.5) is 5.69 Å². The van der Waals surface area contributed by atoms with Gasteiger partial charge in [-0.3, -0.25) is 14.5 Å². The summed E-state index contributed by atoms with van der Waals surface area (Å²) in [5.74, 6) is 0.131. The fourth-order valence-corrected chi connectivity index (χ4v) is 3.31. The van der Waals surface area contributed by atoms with Crippen molar-refractivity contribution in [1.82, 2.24) is 10.2 Å². The van der Waals surface area contributed by atoms with Gasteiger partial charge in [-0.2, -0.15) is 0 Å². The number of ether oxygens (including phenoxy) is 1. The summed E-state index contributed by atoms with van der Waals surface area (Å²) in [4.78, 5) is 25.9. The number of anilines is 1. The van der Waals surface area contributed by atoms with Gasteiger partial charge in [-0.15, -0.1) is 10.2 Å². The second kappa shape index (κ2) is 7.40. The summed E-state index contributed by atoms with van der Waals surface area (Å²) >= 11 is 0. The molecule has 7 heteroatoms. The standard InChI is InChI=1S/C23H23N3O4/c1-14-5-10-18-17(11-14)21(27)22(28)26(18)12-19-24-25-20(30-19)13-29-16-8-6-15(7-9-16)23(2,3)4/h5-11H,12-13H2,1-4H3. The molecular formula is C23H23N3O4. The van der Waals surface area contributed by atoms with E-state index in [-0.39, 0.29) is 24.5 Å². The monoisotopic (exact) mass is 405 g/mol. The van der Waals surface area contributed by atoms with Crippen LogP contribution < -0.4 is 9.64 Å². The third-order valence-corrected chi connectivity index (χ3v) is 5.01. The zero-order valence-electron chi connectivity index (χ0n) is 17.4. The first-order chi connectivity index (χ1) is 14.2. The molecule has 1 aliphatic heterocycles. The number of Topliss-reactive ketones (excluding diaryl/α,β-unsaturated/α-hetero) is 1. The normalized spacial score (nSPS) is 13.7. The first-order valence-electron chi connectivity index (χ1n) is 9.74. The van der Waals surface area contributed by atoms with Crippen molar-refractivity contribution < 1.29 is 18.7 Å². The second-order valence-electron chi connectivity index (χ2n) is 8.39. The van der Waals surface area contributed by atoms with Crippen LogP contribution >= 0.6 is 0 Å². The molecule has 0 N–H and O–H groups in total. The Morgan fingerprint density at radius 1 is 1.00 bits per heavy atom. The number of aromatic nitrogens is 2. The van der Waals surface area contributed by atoms with Gasteiger partial charge in [-0.1, -0.05) is 44.5 Å². The molecule has 0 unspecified atom stereocenters. The summed E-state index contributed by atoms with van der Waals surface area (Å²) in [5.41, 5.74) is 3.18. The molecule has 7 nitrogen and oxygen atoms in total. The van der Waals surface area contributed by atoms with Crippen molar-refractivity contribution in [3.63, 3.8) is 0 Å². The van der Waals surface area contributed by atoms with Gasteiger partial charge in [0.05, 0.1) is 11.3 Å². The summed E-state index contributed by atoms with van der Waals surface area (Å²) < 4.78 is 11.3. The van der Waals surface area contributed by atoms with Crippen LogP contribution in [0.15, 0.2) is 46.9 Å². The van der Waals surface area contributed by atoms with Crippen LogP contribution in [0, 0.1) is 6.92 Å². The highest BCUT2D eigenvalue weighted by Gasteiger charge is 2.36. The lowest BCUT2D eigenvalue weighted by Gasteiger charge is -2.19. The van der Waals surface area contributed by atoms with E-state index >= 15 is 0 Å². The molecule has 0 spiro atoms. The predicted molar refractivity (Wildman–Crippen MR) is 110 cm³/mol. The third kappa shape index (κ3) is 3.83. The molecule has 4 rings (SSSR count). The third-order valence-electron chi connectivity index (χ3n) is 5.01. The number of rotatable bonds is 5. The predicted octanol–water partition coefficient (Wildman–Crippen LogP) is 3.98. The van der Waals surface area contributed by atoms with Crippen LogP contribution in [0.2, 0.25) is 0 Å². The van der Waals surface area contributed by atoms with Crippen LogP contribution in [0.5, 0.6) is 5.75 Å². The van der Waals surface area contributed by atoms with Crippen LogP contribution in [0.25, 0.3) is 0 Å². The average Bonchev–Trinajstić information content (AvgIpc) is 3.25. The van der Waals surface area contributed by atoms with Gasteiger partial charge in [0, 0.05) is 0 Å². The van der Waals surface area contributed by atoms with E-state index in [4.69, 9.17) is 9.15 Å². The number of carbonyl (C=O) groups excluding carboxylic acids is 2. The minimum Gasteiger partial charge on any atom is -0.484 e. The maximum absolute atomic E-state index is 12.4. The van der Waals surface area contributed by atoms with E-state index in [0.717, 1.165) is 5.56 Å². The molecule has 3 aromatic rings. The van der Waals surface area contributed by atoms with Gasteiger partial charge in [0.1, 0.15) is 12.3 Å². The maximum atomic E-state index is 12.4. The minimum absolute atomic E-state index is 0.0356. The molecule has 154 valence electrons. The van der Waals surface area contributed by atoms with E-state index in [0.29, 0.717) is 22.9 Å². The molecule has 0 fully saturated rings. The van der Waals surface area contributed by atoms with E-state index in [9.17, 15) is 9.59 Å². The molecule has 30 heavy (non-hydrogen) atoms. The fraction of sp³-hybridized carbons (Fsp3) is 0.304. The summed E-state index contributed by atoms with van der Waals surface area (Å²) in [6.07, 6.45) is 0. The molecule has 0 atom stereocenters. The van der Waals surface area contributed by atoms with Crippen LogP contribution in [-0.2, 0) is 23.4 Å². The number of amides is 1. The van der Waals surface area contributed by atoms with Crippen molar-refractivity contribution in [2.45, 2.75) is 46.3 Å². The Kier molecular flexibility index (Phi) is 4.89. The number of aryl methyl sites for hydroxylation is 1.